The van der Waals surface area contributed by atoms with Crippen molar-refractivity contribution in [3.05, 3.63) is 33.7 Å². The SMILES string of the molecule is COCCCn1c(C(C)C)ccc(CC(=O)Cl)c1=O. The molecule has 106 valence electrons. The highest BCUT2D eigenvalue weighted by Gasteiger charge is 2.12. The molecule has 0 atom stereocenters. The van der Waals surface area contributed by atoms with Gasteiger partial charge in [-0.25, -0.2) is 0 Å². The highest BCUT2D eigenvalue weighted by atomic mass is 35.5. The standard InChI is InChI=1S/C14H20ClNO3/c1-10(2)12-6-5-11(9-13(15)17)14(18)16(12)7-4-8-19-3/h5-6,10H,4,7-9H2,1-3H3. The second-order valence-corrected chi connectivity index (χ2v) is 5.19. The fourth-order valence-corrected chi connectivity index (χ4v) is 2.17. The molecule has 0 fully saturated rings. The van der Waals surface area contributed by atoms with Crippen LogP contribution in [0, 0.1) is 0 Å². The van der Waals surface area contributed by atoms with Crippen molar-refractivity contribution < 1.29 is 9.53 Å². The van der Waals surface area contributed by atoms with Gasteiger partial charge in [0.15, 0.2) is 0 Å². The molecule has 0 aliphatic rings. The summed E-state index contributed by atoms with van der Waals surface area (Å²) in [5.74, 6) is 0.246. The van der Waals surface area contributed by atoms with E-state index in [9.17, 15) is 9.59 Å². The van der Waals surface area contributed by atoms with Crippen LogP contribution in [0.15, 0.2) is 16.9 Å². The van der Waals surface area contributed by atoms with Gasteiger partial charge < -0.3 is 9.30 Å². The summed E-state index contributed by atoms with van der Waals surface area (Å²) in [6.45, 7) is 5.26. The van der Waals surface area contributed by atoms with Gasteiger partial charge in [-0.15, -0.1) is 0 Å². The summed E-state index contributed by atoms with van der Waals surface area (Å²) in [6, 6.07) is 3.60. The quantitative estimate of drug-likeness (QED) is 0.571. The maximum absolute atomic E-state index is 12.3. The number of carbonyl (C=O) groups is 1. The Morgan fingerprint density at radius 1 is 1.42 bits per heavy atom. The molecule has 19 heavy (non-hydrogen) atoms. The summed E-state index contributed by atoms with van der Waals surface area (Å²) < 4.78 is 6.73. The molecular formula is C14H20ClNO3. The van der Waals surface area contributed by atoms with Gasteiger partial charge in [0, 0.05) is 31.5 Å². The van der Waals surface area contributed by atoms with Crippen LogP contribution in [0.5, 0.6) is 0 Å². The summed E-state index contributed by atoms with van der Waals surface area (Å²) in [7, 11) is 1.63. The summed E-state index contributed by atoms with van der Waals surface area (Å²) in [5, 5.41) is -0.516. The highest BCUT2D eigenvalue weighted by Crippen LogP contribution is 2.14. The largest absolute Gasteiger partial charge is 0.385 e. The Labute approximate surface area is 118 Å². The molecule has 0 N–H and O–H groups in total. The first-order valence-electron chi connectivity index (χ1n) is 6.37. The van der Waals surface area contributed by atoms with Gasteiger partial charge in [-0.2, -0.15) is 0 Å². The van der Waals surface area contributed by atoms with Crippen LogP contribution in [0.25, 0.3) is 0 Å². The van der Waals surface area contributed by atoms with Crippen LogP contribution in [-0.2, 0) is 22.5 Å². The molecule has 1 heterocycles. The Morgan fingerprint density at radius 3 is 2.63 bits per heavy atom. The van der Waals surface area contributed by atoms with Gasteiger partial charge in [0.25, 0.3) is 5.56 Å². The third-order valence-electron chi connectivity index (χ3n) is 2.94. The van der Waals surface area contributed by atoms with Gasteiger partial charge >= 0.3 is 0 Å². The zero-order valence-electron chi connectivity index (χ0n) is 11.6. The summed E-state index contributed by atoms with van der Waals surface area (Å²) >= 11 is 5.36. The maximum atomic E-state index is 12.3. The summed E-state index contributed by atoms with van der Waals surface area (Å²) in [6.07, 6.45) is 0.734. The van der Waals surface area contributed by atoms with E-state index in [0.29, 0.717) is 18.7 Å². The predicted molar refractivity (Wildman–Crippen MR) is 75.8 cm³/mol. The third kappa shape index (κ3) is 4.48. The first-order valence-corrected chi connectivity index (χ1v) is 6.75. The lowest BCUT2D eigenvalue weighted by Gasteiger charge is -2.16. The lowest BCUT2D eigenvalue weighted by atomic mass is 10.1. The number of pyridine rings is 1. The average Bonchev–Trinajstić information content (AvgIpc) is 2.33. The predicted octanol–water partition coefficient (Wildman–Crippen LogP) is 2.32. The normalized spacial score (nSPS) is 11.0. The van der Waals surface area contributed by atoms with Crippen molar-refractivity contribution in [2.24, 2.45) is 0 Å². The Bertz CT molecular complexity index is 494. The topological polar surface area (TPSA) is 48.3 Å². The van der Waals surface area contributed by atoms with E-state index in [0.717, 1.165) is 12.1 Å². The number of aromatic nitrogens is 1. The van der Waals surface area contributed by atoms with E-state index in [4.69, 9.17) is 16.3 Å². The van der Waals surface area contributed by atoms with Crippen LogP contribution < -0.4 is 5.56 Å². The molecule has 0 radical (unpaired) electrons. The molecule has 1 aromatic rings. The number of hydrogen-bond donors (Lipinski definition) is 0. The molecule has 0 aliphatic carbocycles. The maximum Gasteiger partial charge on any atom is 0.254 e. The number of ether oxygens (including phenoxy) is 1. The minimum atomic E-state index is -0.516. The number of hydrogen-bond acceptors (Lipinski definition) is 3. The molecule has 0 saturated carbocycles. The van der Waals surface area contributed by atoms with Crippen molar-refractivity contribution in [3.63, 3.8) is 0 Å². The van der Waals surface area contributed by atoms with Crippen LogP contribution >= 0.6 is 11.6 Å². The molecule has 0 saturated heterocycles. The van der Waals surface area contributed by atoms with Crippen molar-refractivity contribution in [3.8, 4) is 0 Å². The Hall–Kier alpha value is -1.13. The Morgan fingerprint density at radius 2 is 2.11 bits per heavy atom. The van der Waals surface area contributed by atoms with Gasteiger partial charge in [0.05, 0.1) is 6.42 Å². The van der Waals surface area contributed by atoms with Gasteiger partial charge in [-0.1, -0.05) is 19.9 Å². The minimum absolute atomic E-state index is 0.0248. The van der Waals surface area contributed by atoms with E-state index in [1.807, 2.05) is 19.9 Å². The molecule has 1 aromatic heterocycles. The monoisotopic (exact) mass is 285 g/mol. The van der Waals surface area contributed by atoms with Crippen molar-refractivity contribution in [1.29, 1.82) is 0 Å². The number of rotatable bonds is 7. The third-order valence-corrected chi connectivity index (χ3v) is 3.07. The smallest absolute Gasteiger partial charge is 0.254 e. The molecular weight excluding hydrogens is 266 g/mol. The molecule has 0 amide bonds. The van der Waals surface area contributed by atoms with Gasteiger partial charge in [0.1, 0.15) is 0 Å². The van der Waals surface area contributed by atoms with Gasteiger partial charge in [0.2, 0.25) is 5.24 Å². The Balaban J connectivity index is 3.12. The number of carbonyl (C=O) groups excluding carboxylic acids is 1. The van der Waals surface area contributed by atoms with E-state index >= 15 is 0 Å². The van der Waals surface area contributed by atoms with E-state index < -0.39 is 5.24 Å². The molecule has 1 rings (SSSR count). The molecule has 5 heteroatoms. The second kappa shape index (κ2) is 7.46. The second-order valence-electron chi connectivity index (χ2n) is 4.77. The van der Waals surface area contributed by atoms with Gasteiger partial charge in [-0.3, -0.25) is 9.59 Å². The van der Waals surface area contributed by atoms with E-state index in [-0.39, 0.29) is 17.9 Å². The van der Waals surface area contributed by atoms with E-state index in [1.165, 1.54) is 0 Å². The van der Waals surface area contributed by atoms with Crippen molar-refractivity contribution >= 4 is 16.8 Å². The number of halogens is 1. The number of nitrogens with zero attached hydrogens (tertiary/aromatic N) is 1. The Kier molecular flexibility index (Phi) is 6.25. The fraction of sp³-hybridized carbons (Fsp3) is 0.571. The van der Waals surface area contributed by atoms with E-state index in [1.54, 1.807) is 17.7 Å². The van der Waals surface area contributed by atoms with Crippen LogP contribution in [0.2, 0.25) is 0 Å². The highest BCUT2D eigenvalue weighted by molar-refractivity contribution is 6.63. The van der Waals surface area contributed by atoms with Crippen molar-refractivity contribution in [2.45, 2.75) is 39.2 Å². The van der Waals surface area contributed by atoms with Gasteiger partial charge in [-0.05, 0) is 30.0 Å². The van der Waals surface area contributed by atoms with Crippen LogP contribution in [-0.4, -0.2) is 23.5 Å². The zero-order chi connectivity index (χ0) is 14.4. The molecule has 0 unspecified atom stereocenters. The fourth-order valence-electron chi connectivity index (χ4n) is 2.02. The minimum Gasteiger partial charge on any atom is -0.385 e. The molecule has 0 aromatic carbocycles. The molecule has 0 aliphatic heterocycles. The van der Waals surface area contributed by atoms with Crippen LogP contribution in [0.3, 0.4) is 0 Å². The van der Waals surface area contributed by atoms with Crippen molar-refractivity contribution in [1.82, 2.24) is 4.57 Å². The van der Waals surface area contributed by atoms with Crippen molar-refractivity contribution in [2.75, 3.05) is 13.7 Å². The molecule has 0 bridgehead atoms. The molecule has 0 spiro atoms. The van der Waals surface area contributed by atoms with Crippen LogP contribution in [0.1, 0.15) is 37.4 Å². The first kappa shape index (κ1) is 15.9. The number of methoxy groups -OCH3 is 1. The molecule has 4 nitrogen and oxygen atoms in total. The zero-order valence-corrected chi connectivity index (χ0v) is 12.4. The van der Waals surface area contributed by atoms with E-state index in [2.05, 4.69) is 0 Å². The first-order chi connectivity index (χ1) is 8.97. The summed E-state index contributed by atoms with van der Waals surface area (Å²) in [4.78, 5) is 23.3. The van der Waals surface area contributed by atoms with Crippen LogP contribution in [0.4, 0.5) is 0 Å². The summed E-state index contributed by atoms with van der Waals surface area (Å²) in [5.41, 5.74) is 1.28. The average molecular weight is 286 g/mol. The lowest BCUT2D eigenvalue weighted by Crippen LogP contribution is -2.28. The lowest BCUT2D eigenvalue weighted by molar-refractivity contribution is -0.111.